The molecule has 2 rings (SSSR count). The monoisotopic (exact) mass is 241 g/mol. The maximum absolute atomic E-state index is 5.82. The highest BCUT2D eigenvalue weighted by Gasteiger charge is 1.94. The predicted molar refractivity (Wildman–Crippen MR) is 73.4 cm³/mol. The summed E-state index contributed by atoms with van der Waals surface area (Å²) in [4.78, 5) is 0. The molecule has 0 atom stereocenters. The van der Waals surface area contributed by atoms with Crippen LogP contribution in [-0.4, -0.2) is 7.05 Å². The number of anilines is 1. The molecule has 0 unspecified atom stereocenters. The van der Waals surface area contributed by atoms with E-state index in [0.717, 1.165) is 21.8 Å². The van der Waals surface area contributed by atoms with Gasteiger partial charge in [0.05, 0.1) is 0 Å². The second-order valence-electron chi connectivity index (χ2n) is 3.55. The molecule has 2 aromatic carbocycles. The summed E-state index contributed by atoms with van der Waals surface area (Å²) in [6.45, 7) is 0. The van der Waals surface area contributed by atoms with Gasteiger partial charge in [-0.15, -0.1) is 0 Å². The molecule has 0 spiro atoms. The Labute approximate surface area is 106 Å². The van der Waals surface area contributed by atoms with E-state index in [1.54, 1.807) is 0 Å². The third-order valence-electron chi connectivity index (χ3n) is 2.38. The maximum Gasteiger partial charge on any atom is 0.0496 e. The first kappa shape index (κ1) is 11.6. The van der Waals surface area contributed by atoms with Crippen LogP contribution in [0, 0.1) is 11.8 Å². The van der Waals surface area contributed by atoms with Crippen LogP contribution in [0.2, 0.25) is 5.02 Å². The fraction of sp³-hybridized carbons (Fsp3) is 0.0667. The maximum atomic E-state index is 5.82. The zero-order valence-corrected chi connectivity index (χ0v) is 10.3. The SMILES string of the molecule is CNc1ccccc1C#Cc1ccc(Cl)cc1. The van der Waals surface area contributed by atoms with Crippen LogP contribution in [0.15, 0.2) is 48.5 Å². The number of hydrogen-bond acceptors (Lipinski definition) is 1. The highest BCUT2D eigenvalue weighted by atomic mass is 35.5. The van der Waals surface area contributed by atoms with Gasteiger partial charge in [0.15, 0.2) is 0 Å². The van der Waals surface area contributed by atoms with Crippen LogP contribution in [0.5, 0.6) is 0 Å². The Morgan fingerprint density at radius 2 is 1.65 bits per heavy atom. The molecule has 0 aliphatic heterocycles. The molecule has 0 radical (unpaired) electrons. The van der Waals surface area contributed by atoms with Crippen molar-refractivity contribution in [3.63, 3.8) is 0 Å². The summed E-state index contributed by atoms with van der Waals surface area (Å²) in [6.07, 6.45) is 0. The topological polar surface area (TPSA) is 12.0 Å². The highest BCUT2D eigenvalue weighted by molar-refractivity contribution is 6.30. The molecular weight excluding hydrogens is 230 g/mol. The average Bonchev–Trinajstić information content (AvgIpc) is 2.38. The number of hydrogen-bond donors (Lipinski definition) is 1. The molecule has 0 saturated heterocycles. The van der Waals surface area contributed by atoms with E-state index >= 15 is 0 Å². The fourth-order valence-corrected chi connectivity index (χ4v) is 1.61. The van der Waals surface area contributed by atoms with Gasteiger partial charge in [0, 0.05) is 28.9 Å². The van der Waals surface area contributed by atoms with Crippen LogP contribution in [0.4, 0.5) is 5.69 Å². The van der Waals surface area contributed by atoms with E-state index in [2.05, 4.69) is 17.2 Å². The minimum absolute atomic E-state index is 0.728. The second kappa shape index (κ2) is 5.43. The standard InChI is InChI=1S/C15H12ClN/c1-17-15-5-3-2-4-13(15)9-6-12-7-10-14(16)11-8-12/h2-5,7-8,10-11,17H,1H3. The Hall–Kier alpha value is -1.91. The van der Waals surface area contributed by atoms with Gasteiger partial charge in [0.2, 0.25) is 0 Å². The minimum atomic E-state index is 0.728. The summed E-state index contributed by atoms with van der Waals surface area (Å²) in [5, 5.41) is 3.85. The first-order chi connectivity index (χ1) is 8.29. The first-order valence-corrected chi connectivity index (χ1v) is 5.72. The van der Waals surface area contributed by atoms with Crippen LogP contribution >= 0.6 is 11.6 Å². The van der Waals surface area contributed by atoms with Crippen molar-refractivity contribution in [3.05, 3.63) is 64.7 Å². The van der Waals surface area contributed by atoms with Gasteiger partial charge in [-0.1, -0.05) is 35.6 Å². The molecule has 1 N–H and O–H groups in total. The molecule has 0 aliphatic rings. The fourth-order valence-electron chi connectivity index (χ4n) is 1.48. The van der Waals surface area contributed by atoms with E-state index in [0.29, 0.717) is 0 Å². The van der Waals surface area contributed by atoms with Crippen molar-refractivity contribution in [2.24, 2.45) is 0 Å². The summed E-state index contributed by atoms with van der Waals surface area (Å²) < 4.78 is 0. The van der Waals surface area contributed by atoms with Gasteiger partial charge in [-0.3, -0.25) is 0 Å². The molecule has 0 aromatic heterocycles. The van der Waals surface area contributed by atoms with Crippen molar-refractivity contribution in [1.29, 1.82) is 0 Å². The summed E-state index contributed by atoms with van der Waals surface area (Å²) in [6, 6.07) is 15.5. The van der Waals surface area contributed by atoms with Crippen molar-refractivity contribution in [2.45, 2.75) is 0 Å². The molecule has 0 aliphatic carbocycles. The zero-order valence-electron chi connectivity index (χ0n) is 9.50. The molecule has 2 heteroatoms. The summed E-state index contributed by atoms with van der Waals surface area (Å²) in [5.41, 5.74) is 2.99. The third kappa shape index (κ3) is 3.03. The van der Waals surface area contributed by atoms with Crippen LogP contribution in [0.25, 0.3) is 0 Å². The lowest BCUT2D eigenvalue weighted by Gasteiger charge is -2.01. The number of nitrogens with one attached hydrogen (secondary N) is 1. The molecule has 2 aromatic rings. The van der Waals surface area contributed by atoms with Crippen molar-refractivity contribution < 1.29 is 0 Å². The van der Waals surface area contributed by atoms with Crippen LogP contribution in [0.3, 0.4) is 0 Å². The van der Waals surface area contributed by atoms with Crippen LogP contribution in [0.1, 0.15) is 11.1 Å². The molecule has 1 nitrogen and oxygen atoms in total. The quantitative estimate of drug-likeness (QED) is 0.750. The summed E-state index contributed by atoms with van der Waals surface area (Å²) in [7, 11) is 1.89. The van der Waals surface area contributed by atoms with E-state index in [1.807, 2.05) is 55.6 Å². The molecular formula is C15H12ClN. The largest absolute Gasteiger partial charge is 0.387 e. The first-order valence-electron chi connectivity index (χ1n) is 5.34. The Kier molecular flexibility index (Phi) is 3.69. The lowest BCUT2D eigenvalue weighted by atomic mass is 10.1. The van der Waals surface area contributed by atoms with Gasteiger partial charge in [0.1, 0.15) is 0 Å². The van der Waals surface area contributed by atoms with Crippen LogP contribution in [-0.2, 0) is 0 Å². The molecule has 0 amide bonds. The van der Waals surface area contributed by atoms with E-state index in [9.17, 15) is 0 Å². The van der Waals surface area contributed by atoms with E-state index < -0.39 is 0 Å². The molecule has 0 bridgehead atoms. The van der Waals surface area contributed by atoms with Crippen molar-refractivity contribution in [1.82, 2.24) is 0 Å². The number of benzene rings is 2. The lowest BCUT2D eigenvalue weighted by Crippen LogP contribution is -1.90. The van der Waals surface area contributed by atoms with Gasteiger partial charge >= 0.3 is 0 Å². The van der Waals surface area contributed by atoms with E-state index in [4.69, 9.17) is 11.6 Å². The predicted octanol–water partition coefficient (Wildman–Crippen LogP) is 3.78. The van der Waals surface area contributed by atoms with E-state index in [-0.39, 0.29) is 0 Å². The van der Waals surface area contributed by atoms with E-state index in [1.165, 1.54) is 0 Å². The normalized spacial score (nSPS) is 9.29. The van der Waals surface area contributed by atoms with Gasteiger partial charge in [-0.05, 0) is 36.4 Å². The van der Waals surface area contributed by atoms with Gasteiger partial charge < -0.3 is 5.32 Å². The zero-order chi connectivity index (χ0) is 12.1. The molecule has 17 heavy (non-hydrogen) atoms. The summed E-state index contributed by atoms with van der Waals surface area (Å²) >= 11 is 5.82. The number of halogens is 1. The average molecular weight is 242 g/mol. The van der Waals surface area contributed by atoms with Crippen molar-refractivity contribution in [3.8, 4) is 11.8 Å². The van der Waals surface area contributed by atoms with Crippen molar-refractivity contribution >= 4 is 17.3 Å². The Morgan fingerprint density at radius 3 is 2.35 bits per heavy atom. The Morgan fingerprint density at radius 1 is 0.941 bits per heavy atom. The molecule has 84 valence electrons. The molecule has 0 saturated carbocycles. The highest BCUT2D eigenvalue weighted by Crippen LogP contribution is 2.13. The Bertz CT molecular complexity index is 561. The summed E-state index contributed by atoms with van der Waals surface area (Å²) in [5.74, 6) is 6.26. The second-order valence-corrected chi connectivity index (χ2v) is 3.99. The Balaban J connectivity index is 2.29. The lowest BCUT2D eigenvalue weighted by molar-refractivity contribution is 1.49. The van der Waals surface area contributed by atoms with Crippen molar-refractivity contribution in [2.75, 3.05) is 12.4 Å². The van der Waals surface area contributed by atoms with Gasteiger partial charge in [-0.25, -0.2) is 0 Å². The smallest absolute Gasteiger partial charge is 0.0496 e. The number of rotatable bonds is 1. The van der Waals surface area contributed by atoms with Crippen LogP contribution < -0.4 is 5.32 Å². The van der Waals surface area contributed by atoms with Gasteiger partial charge in [0.25, 0.3) is 0 Å². The number of para-hydroxylation sites is 1. The molecule has 0 heterocycles. The third-order valence-corrected chi connectivity index (χ3v) is 2.63. The minimum Gasteiger partial charge on any atom is -0.387 e. The van der Waals surface area contributed by atoms with Gasteiger partial charge in [-0.2, -0.15) is 0 Å². The molecule has 0 fully saturated rings.